The fourth-order valence-corrected chi connectivity index (χ4v) is 10.3. The van der Waals surface area contributed by atoms with Crippen molar-refractivity contribution in [1.82, 2.24) is 40.4 Å². The van der Waals surface area contributed by atoms with E-state index in [2.05, 4.69) is 86.2 Å². The first-order valence-electron chi connectivity index (χ1n) is 21.7. The number of aliphatic hydroxyl groups is 1. The van der Waals surface area contributed by atoms with Crippen LogP contribution in [0.25, 0.3) is 44.4 Å². The molecule has 3 aromatic carbocycles. The zero-order valence-electron chi connectivity index (χ0n) is 35.5. The van der Waals surface area contributed by atoms with Gasteiger partial charge in [0, 0.05) is 18.2 Å². The number of ether oxygens (including phenoxy) is 2. The van der Waals surface area contributed by atoms with Crippen LogP contribution in [0.3, 0.4) is 0 Å². The lowest BCUT2D eigenvalue weighted by atomic mass is 9.95. The van der Waals surface area contributed by atoms with Crippen LogP contribution in [0.2, 0.25) is 0 Å². The van der Waals surface area contributed by atoms with Gasteiger partial charge >= 0.3 is 12.2 Å². The number of fused-ring (bicyclic) bond motifs is 3. The van der Waals surface area contributed by atoms with Crippen molar-refractivity contribution in [1.29, 1.82) is 0 Å². The Balaban J connectivity index is 0.890. The highest BCUT2D eigenvalue weighted by Crippen LogP contribution is 2.58. The lowest BCUT2D eigenvalue weighted by Gasteiger charge is -2.41. The maximum Gasteiger partial charge on any atom is 0.407 e. The number of methoxy groups -OCH3 is 2. The summed E-state index contributed by atoms with van der Waals surface area (Å²) in [4.78, 5) is 58.7. The molecule has 2 aromatic heterocycles. The van der Waals surface area contributed by atoms with E-state index in [9.17, 15) is 19.5 Å². The number of carbonyl (C=O) groups is 3. The Kier molecular flexibility index (Phi) is 10.9. The molecular formula is C47H56N8O6. The predicted octanol–water partition coefficient (Wildman–Crippen LogP) is 7.70. The maximum absolute atomic E-state index is 13.7. The minimum atomic E-state index is -0.876. The van der Waals surface area contributed by atoms with Crippen LogP contribution in [0.5, 0.6) is 0 Å². The van der Waals surface area contributed by atoms with Crippen LogP contribution in [-0.4, -0.2) is 98.1 Å². The van der Waals surface area contributed by atoms with Crippen LogP contribution in [0.1, 0.15) is 89.4 Å². The number of amides is 3. The number of H-pyrrole nitrogens is 2. The minimum absolute atomic E-state index is 0.000636. The molecule has 5 N–H and O–H groups in total. The molecule has 7 atom stereocenters. The van der Waals surface area contributed by atoms with E-state index in [1.807, 2.05) is 38.1 Å². The molecule has 7 unspecified atom stereocenters. The second-order valence-corrected chi connectivity index (χ2v) is 17.9. The van der Waals surface area contributed by atoms with E-state index in [1.165, 1.54) is 14.2 Å². The van der Waals surface area contributed by atoms with Gasteiger partial charge in [-0.1, -0.05) is 69.3 Å². The molecule has 2 bridgehead atoms. The number of aliphatic hydroxyl groups excluding tert-OH is 1. The number of benzene rings is 3. The molecule has 9 rings (SSSR count). The van der Waals surface area contributed by atoms with E-state index in [1.54, 1.807) is 0 Å². The van der Waals surface area contributed by atoms with Crippen molar-refractivity contribution in [2.75, 3.05) is 20.8 Å². The number of aromatic amines is 2. The number of nitrogens with zero attached hydrogens (tertiary/aromatic N) is 4. The van der Waals surface area contributed by atoms with Crippen molar-refractivity contribution in [3.63, 3.8) is 0 Å². The number of imidazole rings is 2. The highest BCUT2D eigenvalue weighted by molar-refractivity contribution is 5.91. The number of likely N-dealkylation sites (tertiary alicyclic amines) is 2. The summed E-state index contributed by atoms with van der Waals surface area (Å²) >= 11 is 0. The lowest BCUT2D eigenvalue weighted by Crippen LogP contribution is -2.56. The Morgan fingerprint density at radius 1 is 0.836 bits per heavy atom. The molecular weight excluding hydrogens is 773 g/mol. The van der Waals surface area contributed by atoms with Crippen molar-refractivity contribution in [2.24, 2.45) is 17.3 Å². The second kappa shape index (κ2) is 16.3. The monoisotopic (exact) mass is 828 g/mol. The summed E-state index contributed by atoms with van der Waals surface area (Å²) in [6.45, 7) is 6.54. The molecule has 5 aromatic rings. The summed E-state index contributed by atoms with van der Waals surface area (Å²) in [7, 11) is 2.64. The van der Waals surface area contributed by atoms with E-state index >= 15 is 0 Å². The van der Waals surface area contributed by atoms with Gasteiger partial charge in [-0.05, 0) is 102 Å². The highest BCUT2D eigenvalue weighted by Gasteiger charge is 2.55. The van der Waals surface area contributed by atoms with Gasteiger partial charge in [0.05, 0.1) is 56.1 Å². The molecule has 4 fully saturated rings. The summed E-state index contributed by atoms with van der Waals surface area (Å²) < 4.78 is 9.65. The van der Waals surface area contributed by atoms with Gasteiger partial charge in [-0.25, -0.2) is 19.6 Å². The highest BCUT2D eigenvalue weighted by atomic mass is 16.5. The number of alkyl carbamates (subject to hydrolysis) is 2. The summed E-state index contributed by atoms with van der Waals surface area (Å²) in [5.74, 6) is 1.87. The topological polar surface area (TPSA) is 178 Å². The van der Waals surface area contributed by atoms with Crippen molar-refractivity contribution >= 4 is 28.9 Å². The number of carbonyl (C=O) groups excluding carboxylic acids is 3. The third kappa shape index (κ3) is 7.76. The van der Waals surface area contributed by atoms with Gasteiger partial charge in [0.2, 0.25) is 5.91 Å². The van der Waals surface area contributed by atoms with Crippen molar-refractivity contribution in [2.45, 2.75) is 102 Å². The molecule has 2 aliphatic carbocycles. The summed E-state index contributed by atoms with van der Waals surface area (Å²) in [6.07, 6.45) is 8.31. The fraction of sp³-hybridized carbons (Fsp3) is 0.468. The van der Waals surface area contributed by atoms with Crippen LogP contribution in [0.15, 0.2) is 73.1 Å². The first-order chi connectivity index (χ1) is 29.5. The Morgan fingerprint density at radius 2 is 1.44 bits per heavy atom. The van der Waals surface area contributed by atoms with Gasteiger partial charge in [0.25, 0.3) is 0 Å². The van der Waals surface area contributed by atoms with Gasteiger partial charge in [-0.2, -0.15) is 0 Å². The van der Waals surface area contributed by atoms with E-state index in [-0.39, 0.29) is 35.4 Å². The molecule has 4 heterocycles. The average Bonchev–Trinajstić information content (AvgIpc) is 3.91. The molecule has 320 valence electrons. The molecule has 14 heteroatoms. The third-order valence-electron chi connectivity index (χ3n) is 13.8. The zero-order valence-corrected chi connectivity index (χ0v) is 35.5. The summed E-state index contributed by atoms with van der Waals surface area (Å²) in [5, 5.41) is 19.5. The number of hydrogen-bond donors (Lipinski definition) is 5. The zero-order chi connectivity index (χ0) is 42.6. The summed E-state index contributed by atoms with van der Waals surface area (Å²) in [5.41, 5.74) is 6.19. The first kappa shape index (κ1) is 40.7. The molecule has 61 heavy (non-hydrogen) atoms. The van der Waals surface area contributed by atoms with E-state index < -0.39 is 30.5 Å². The van der Waals surface area contributed by atoms with E-state index in [4.69, 9.17) is 19.4 Å². The van der Waals surface area contributed by atoms with Crippen LogP contribution in [-0.2, 0) is 14.3 Å². The second-order valence-electron chi connectivity index (χ2n) is 17.9. The normalized spacial score (nSPS) is 23.0. The molecule has 1 spiro atoms. The van der Waals surface area contributed by atoms with Crippen molar-refractivity contribution < 1.29 is 29.0 Å². The number of piperidine rings is 1. The molecule has 0 radical (unpaired) electrons. The number of nitrogens with one attached hydrogen (secondary N) is 4. The quantitative estimate of drug-likeness (QED) is 0.0843. The van der Waals surface area contributed by atoms with Crippen LogP contribution in [0, 0.1) is 17.3 Å². The number of hydrogen-bond acceptors (Lipinski definition) is 9. The SMILES string of the molecule is CCC(NC(=O)OC)C(=O)N1CC2(CC2)CC1c1ncc(-c2ccc3cc(-c4ccc(-c5cnc(C6C7CCC(C7)N6C(O)C(NC(=O)OC)C(C)C)[nH]5)cc4)ccc3c2)[nH]1. The Morgan fingerprint density at radius 3 is 2.11 bits per heavy atom. The Labute approximate surface area is 355 Å². The van der Waals surface area contributed by atoms with Gasteiger partial charge < -0.3 is 40.1 Å². The van der Waals surface area contributed by atoms with Gasteiger partial charge in [0.1, 0.15) is 23.9 Å². The Bertz CT molecular complexity index is 2420. The summed E-state index contributed by atoms with van der Waals surface area (Å²) in [6, 6.07) is 20.2. The van der Waals surface area contributed by atoms with E-state index in [0.717, 1.165) is 94.6 Å². The maximum atomic E-state index is 13.7. The smallest absolute Gasteiger partial charge is 0.407 e. The molecule has 4 aliphatic rings. The molecule has 2 aliphatic heterocycles. The lowest BCUT2D eigenvalue weighted by molar-refractivity contribution is -0.134. The average molecular weight is 829 g/mol. The van der Waals surface area contributed by atoms with Crippen molar-refractivity contribution in [3.8, 4) is 33.6 Å². The number of rotatable bonds is 12. The predicted molar refractivity (Wildman–Crippen MR) is 231 cm³/mol. The van der Waals surface area contributed by atoms with Crippen molar-refractivity contribution in [3.05, 3.63) is 84.7 Å². The van der Waals surface area contributed by atoms with Gasteiger partial charge in [-0.15, -0.1) is 0 Å². The van der Waals surface area contributed by atoms with E-state index in [0.29, 0.717) is 18.9 Å². The first-order valence-corrected chi connectivity index (χ1v) is 21.7. The van der Waals surface area contributed by atoms with Gasteiger partial charge in [-0.3, -0.25) is 9.69 Å². The van der Waals surface area contributed by atoms with Crippen LogP contribution in [0.4, 0.5) is 9.59 Å². The number of aromatic nitrogens is 4. The fourth-order valence-electron chi connectivity index (χ4n) is 10.3. The third-order valence-corrected chi connectivity index (χ3v) is 13.8. The molecule has 14 nitrogen and oxygen atoms in total. The van der Waals surface area contributed by atoms with Gasteiger partial charge in [0.15, 0.2) is 0 Å². The molecule has 3 amide bonds. The standard InChI is InChI=1S/C47H56N8O6/c1-6-35(52-45(58)60-4)43(56)54-25-47(17-18-47)22-38(54)41-48-24-37(50-41)32-14-13-30-19-29(11-12-31(30)20-32)27-7-9-28(10-8-27)36-23-49-42(51-36)40-33-15-16-34(21-33)55(40)44(57)39(26(2)3)53-46(59)61-5/h7-14,19-20,23-24,26,33-35,38-40,44,57H,6,15-18,21-22,25H2,1-5H3,(H,48,50)(H,49,51)(H,52,58)(H,53,59). The van der Waals surface area contributed by atoms with Crippen LogP contribution < -0.4 is 10.6 Å². The Hall–Kier alpha value is -5.73. The molecule has 2 saturated heterocycles. The van der Waals surface area contributed by atoms with Crippen LogP contribution >= 0.6 is 0 Å². The molecule has 2 saturated carbocycles. The largest absolute Gasteiger partial charge is 0.453 e. The minimum Gasteiger partial charge on any atom is -0.453 e.